The Morgan fingerprint density at radius 2 is 1.82 bits per heavy atom. The minimum Gasteiger partial charge on any atom is -0.0654 e. The predicted octanol–water partition coefficient (Wildman–Crippen LogP) is 3.86. The lowest BCUT2D eigenvalue weighted by atomic mass is 9.89. The monoisotopic (exact) mass is 154 g/mol. The van der Waals surface area contributed by atoms with Gasteiger partial charge in [-0.25, -0.2) is 0 Å². The summed E-state index contributed by atoms with van der Waals surface area (Å²) in [5, 5.41) is 0. The van der Waals surface area contributed by atoms with Crippen molar-refractivity contribution in [3.63, 3.8) is 0 Å². The lowest BCUT2D eigenvalue weighted by Crippen LogP contribution is -2.06. The van der Waals surface area contributed by atoms with Crippen molar-refractivity contribution in [2.75, 3.05) is 0 Å². The van der Waals surface area contributed by atoms with Gasteiger partial charge in [0.2, 0.25) is 0 Å². The molecule has 0 aromatic heterocycles. The van der Waals surface area contributed by atoms with E-state index in [1.165, 1.54) is 25.7 Å². The summed E-state index contributed by atoms with van der Waals surface area (Å²) in [4.78, 5) is 0. The van der Waals surface area contributed by atoms with Crippen LogP contribution in [-0.2, 0) is 0 Å². The highest BCUT2D eigenvalue weighted by Gasteiger charge is 2.37. The molecule has 0 heterocycles. The van der Waals surface area contributed by atoms with Gasteiger partial charge in [0, 0.05) is 0 Å². The largest absolute Gasteiger partial charge is 0.0654 e. The van der Waals surface area contributed by atoms with Crippen molar-refractivity contribution in [2.24, 2.45) is 17.3 Å². The third-order valence-electron chi connectivity index (χ3n) is 2.60. The smallest absolute Gasteiger partial charge is 0.0378 e. The summed E-state index contributed by atoms with van der Waals surface area (Å²) >= 11 is 0. The van der Waals surface area contributed by atoms with Gasteiger partial charge in [-0.2, -0.15) is 0 Å². The minimum absolute atomic E-state index is 0.563. The molecule has 0 aromatic rings. The van der Waals surface area contributed by atoms with Crippen LogP contribution in [0.15, 0.2) is 0 Å². The second kappa shape index (κ2) is 3.16. The van der Waals surface area contributed by atoms with Crippen LogP contribution in [0.2, 0.25) is 0 Å². The first-order chi connectivity index (χ1) is 5.03. The van der Waals surface area contributed by atoms with Crippen molar-refractivity contribution in [1.82, 2.24) is 0 Å². The molecule has 0 heteroatoms. The van der Waals surface area contributed by atoms with Crippen molar-refractivity contribution in [1.29, 1.82) is 0 Å². The van der Waals surface area contributed by atoms with E-state index in [-0.39, 0.29) is 0 Å². The molecule has 66 valence electrons. The van der Waals surface area contributed by atoms with Crippen LogP contribution in [0.4, 0.5) is 0 Å². The molecule has 1 saturated carbocycles. The van der Waals surface area contributed by atoms with Gasteiger partial charge >= 0.3 is 0 Å². The van der Waals surface area contributed by atoms with Gasteiger partial charge in [0.25, 0.3) is 0 Å². The van der Waals surface area contributed by atoms with E-state index >= 15 is 0 Å². The fraction of sp³-hybridized carbons (Fsp3) is 1.00. The Hall–Kier alpha value is 0. The molecule has 1 aliphatic carbocycles. The maximum Gasteiger partial charge on any atom is -0.0378 e. The normalized spacial score (nSPS) is 30.5. The van der Waals surface area contributed by atoms with Gasteiger partial charge in [-0.05, 0) is 30.1 Å². The van der Waals surface area contributed by atoms with Crippen LogP contribution in [0.5, 0.6) is 0 Å². The maximum atomic E-state index is 2.36. The summed E-state index contributed by atoms with van der Waals surface area (Å²) in [6.07, 6.45) is 5.81. The van der Waals surface area contributed by atoms with E-state index in [1.54, 1.807) is 0 Å². The second-order valence-electron chi connectivity index (χ2n) is 5.31. The van der Waals surface area contributed by atoms with Crippen molar-refractivity contribution in [2.45, 2.75) is 53.4 Å². The molecule has 0 aromatic carbocycles. The molecular formula is C11H22. The number of rotatable bonds is 3. The van der Waals surface area contributed by atoms with Gasteiger partial charge in [-0.3, -0.25) is 0 Å². The fourth-order valence-corrected chi connectivity index (χ4v) is 2.07. The van der Waals surface area contributed by atoms with E-state index in [1.807, 2.05) is 0 Å². The van der Waals surface area contributed by atoms with Crippen LogP contribution in [0, 0.1) is 17.3 Å². The maximum absolute atomic E-state index is 2.36. The van der Waals surface area contributed by atoms with E-state index < -0.39 is 0 Å². The predicted molar refractivity (Wildman–Crippen MR) is 50.6 cm³/mol. The van der Waals surface area contributed by atoms with Crippen molar-refractivity contribution in [3.05, 3.63) is 0 Å². The minimum atomic E-state index is 0.563. The standard InChI is InChI=1S/C11H22/c1-5-6-9-7-10(9)8-11(2,3)4/h9-10H,5-8H2,1-4H3/t9-,10-/m0/s1. The van der Waals surface area contributed by atoms with Crippen LogP contribution in [0.3, 0.4) is 0 Å². The lowest BCUT2D eigenvalue weighted by Gasteiger charge is -2.17. The van der Waals surface area contributed by atoms with Crippen molar-refractivity contribution >= 4 is 0 Å². The molecule has 0 aliphatic heterocycles. The third kappa shape index (κ3) is 3.27. The van der Waals surface area contributed by atoms with Crippen LogP contribution >= 0.6 is 0 Å². The zero-order chi connectivity index (χ0) is 8.48. The van der Waals surface area contributed by atoms with Gasteiger partial charge in [-0.1, -0.05) is 40.5 Å². The number of hydrogen-bond acceptors (Lipinski definition) is 0. The van der Waals surface area contributed by atoms with E-state index in [4.69, 9.17) is 0 Å². The molecule has 0 spiro atoms. The molecule has 0 nitrogen and oxygen atoms in total. The Bertz CT molecular complexity index is 118. The zero-order valence-electron chi connectivity index (χ0n) is 8.48. The van der Waals surface area contributed by atoms with E-state index in [9.17, 15) is 0 Å². The molecule has 11 heavy (non-hydrogen) atoms. The molecule has 2 atom stereocenters. The highest BCUT2D eigenvalue weighted by molar-refractivity contribution is 4.88. The Kier molecular flexibility index (Phi) is 2.61. The van der Waals surface area contributed by atoms with E-state index in [0.717, 1.165) is 11.8 Å². The van der Waals surface area contributed by atoms with Crippen molar-refractivity contribution < 1.29 is 0 Å². The summed E-state index contributed by atoms with van der Waals surface area (Å²) in [5.74, 6) is 2.18. The Labute approximate surface area is 71.4 Å². The van der Waals surface area contributed by atoms with Crippen LogP contribution in [-0.4, -0.2) is 0 Å². The molecule has 0 unspecified atom stereocenters. The zero-order valence-corrected chi connectivity index (χ0v) is 8.48. The van der Waals surface area contributed by atoms with E-state index in [2.05, 4.69) is 27.7 Å². The summed E-state index contributed by atoms with van der Waals surface area (Å²) in [6.45, 7) is 9.36. The third-order valence-corrected chi connectivity index (χ3v) is 2.60. The lowest BCUT2D eigenvalue weighted by molar-refractivity contribution is 0.342. The molecule has 0 saturated heterocycles. The van der Waals surface area contributed by atoms with Gasteiger partial charge in [0.1, 0.15) is 0 Å². The summed E-state index contributed by atoms with van der Waals surface area (Å²) < 4.78 is 0. The van der Waals surface area contributed by atoms with Gasteiger partial charge in [0.05, 0.1) is 0 Å². The Balaban J connectivity index is 2.13. The quantitative estimate of drug-likeness (QED) is 0.579. The average molecular weight is 154 g/mol. The number of hydrogen-bond donors (Lipinski definition) is 0. The molecule has 0 radical (unpaired) electrons. The van der Waals surface area contributed by atoms with Gasteiger partial charge < -0.3 is 0 Å². The van der Waals surface area contributed by atoms with E-state index in [0.29, 0.717) is 5.41 Å². The van der Waals surface area contributed by atoms with Gasteiger partial charge in [0.15, 0.2) is 0 Å². The molecule has 1 aliphatic rings. The Morgan fingerprint density at radius 3 is 2.27 bits per heavy atom. The second-order valence-corrected chi connectivity index (χ2v) is 5.31. The van der Waals surface area contributed by atoms with Crippen LogP contribution in [0.1, 0.15) is 53.4 Å². The van der Waals surface area contributed by atoms with Crippen LogP contribution < -0.4 is 0 Å². The molecule has 1 rings (SSSR count). The average Bonchev–Trinajstić information content (AvgIpc) is 2.44. The summed E-state index contributed by atoms with van der Waals surface area (Å²) in [6, 6.07) is 0. The first-order valence-corrected chi connectivity index (χ1v) is 5.03. The molecular weight excluding hydrogens is 132 g/mol. The fourth-order valence-electron chi connectivity index (χ4n) is 2.07. The molecule has 0 bridgehead atoms. The Morgan fingerprint density at radius 1 is 1.18 bits per heavy atom. The van der Waals surface area contributed by atoms with Crippen molar-refractivity contribution in [3.8, 4) is 0 Å². The highest BCUT2D eigenvalue weighted by atomic mass is 14.4. The van der Waals surface area contributed by atoms with Crippen LogP contribution in [0.25, 0.3) is 0 Å². The highest BCUT2D eigenvalue weighted by Crippen LogP contribution is 2.48. The molecule has 0 amide bonds. The summed E-state index contributed by atoms with van der Waals surface area (Å²) in [7, 11) is 0. The first kappa shape index (κ1) is 9.09. The topological polar surface area (TPSA) is 0 Å². The SMILES string of the molecule is CCC[C@H]1C[C@H]1CC(C)(C)C. The molecule has 0 N–H and O–H groups in total. The van der Waals surface area contributed by atoms with Gasteiger partial charge in [-0.15, -0.1) is 0 Å². The summed E-state index contributed by atoms with van der Waals surface area (Å²) in [5.41, 5.74) is 0.563. The molecule has 1 fully saturated rings. The first-order valence-electron chi connectivity index (χ1n) is 5.03.